The van der Waals surface area contributed by atoms with Crippen molar-refractivity contribution in [3.63, 3.8) is 0 Å². The molecule has 0 saturated heterocycles. The Hall–Kier alpha value is -5.52. The molecule has 0 aliphatic rings. The van der Waals surface area contributed by atoms with Crippen LogP contribution in [0.4, 0.5) is 35.1 Å². The lowest BCUT2D eigenvalue weighted by molar-refractivity contribution is -0.177. The molecule has 0 amide bonds. The average molecular weight is 791 g/mol. The zero-order valence-corrected chi connectivity index (χ0v) is 31.0. The highest BCUT2D eigenvalue weighted by atomic mass is 19.4. The summed E-state index contributed by atoms with van der Waals surface area (Å²) >= 11 is 0. The Morgan fingerprint density at radius 2 is 0.807 bits per heavy atom. The Labute approximate surface area is 325 Å². The third-order valence-electron chi connectivity index (χ3n) is 9.11. The maximum Gasteiger partial charge on any atom is 0.411 e. The summed E-state index contributed by atoms with van der Waals surface area (Å²) in [6, 6.07) is 34.3. The zero-order chi connectivity index (χ0) is 40.7. The lowest BCUT2D eigenvalue weighted by atomic mass is 9.97. The van der Waals surface area contributed by atoms with Gasteiger partial charge < -0.3 is 14.2 Å². The first-order valence-electron chi connectivity index (χ1n) is 18.0. The molecule has 0 aliphatic heterocycles. The minimum Gasteiger partial charge on any atom is -0.457 e. The van der Waals surface area contributed by atoms with Gasteiger partial charge >= 0.3 is 12.4 Å². The van der Waals surface area contributed by atoms with Crippen LogP contribution in [0.25, 0.3) is 22.3 Å². The van der Waals surface area contributed by atoms with Crippen LogP contribution in [0.3, 0.4) is 0 Å². The molecule has 6 rings (SSSR count). The van der Waals surface area contributed by atoms with E-state index in [9.17, 15) is 35.1 Å². The molecule has 296 valence electrons. The van der Waals surface area contributed by atoms with E-state index in [1.54, 1.807) is 86.6 Å². The molecule has 0 heterocycles. The van der Waals surface area contributed by atoms with E-state index < -0.39 is 25.6 Å². The first-order valence-corrected chi connectivity index (χ1v) is 18.0. The molecule has 11 heteroatoms. The first-order chi connectivity index (χ1) is 27.1. The Bertz CT molecular complexity index is 2130. The second-order valence-electron chi connectivity index (χ2n) is 13.9. The van der Waals surface area contributed by atoms with Crippen molar-refractivity contribution < 1.29 is 49.3 Å². The first kappa shape index (κ1) is 41.1. The summed E-state index contributed by atoms with van der Waals surface area (Å²) in [6.45, 7) is 0.157. The maximum atomic E-state index is 14.7. The van der Waals surface area contributed by atoms with E-state index in [-0.39, 0.29) is 37.7 Å². The quantitative estimate of drug-likeness (QED) is 0.103. The van der Waals surface area contributed by atoms with Crippen LogP contribution < -0.4 is 4.74 Å². The van der Waals surface area contributed by atoms with Crippen molar-refractivity contribution in [1.29, 1.82) is 0 Å². The van der Waals surface area contributed by atoms with Crippen molar-refractivity contribution in [2.75, 3.05) is 13.2 Å². The number of rotatable bonds is 14. The van der Waals surface area contributed by atoms with Gasteiger partial charge in [0.15, 0.2) is 0 Å². The zero-order valence-electron chi connectivity index (χ0n) is 31.0. The van der Waals surface area contributed by atoms with Gasteiger partial charge in [0.25, 0.3) is 0 Å². The molecule has 57 heavy (non-hydrogen) atoms. The highest BCUT2D eigenvalue weighted by Crippen LogP contribution is 2.34. The Kier molecular flexibility index (Phi) is 12.8. The molecule has 6 aromatic rings. The Morgan fingerprint density at radius 3 is 1.16 bits per heavy atom. The summed E-state index contributed by atoms with van der Waals surface area (Å²) in [6.07, 6.45) is -8.42. The summed E-state index contributed by atoms with van der Waals surface area (Å²) in [4.78, 5) is 0. The molecule has 6 aromatic carbocycles. The smallest absolute Gasteiger partial charge is 0.411 e. The third-order valence-corrected chi connectivity index (χ3v) is 9.11. The number of ether oxygens (including phenoxy) is 3. The molecule has 3 nitrogen and oxygen atoms in total. The second kappa shape index (κ2) is 17.7. The van der Waals surface area contributed by atoms with Crippen molar-refractivity contribution in [3.8, 4) is 33.8 Å². The number of halogens is 8. The summed E-state index contributed by atoms with van der Waals surface area (Å²) < 4.78 is 123. The molecule has 0 unspecified atom stereocenters. The fraction of sp³-hybridized carbons (Fsp3) is 0.217. The molecule has 0 saturated carbocycles. The SMILES string of the molecule is Cc1ccc(-c2ccc(Cc3cc(COCC(F)(F)F)ccc3Oc3ccc(COCC(F)(F)F)cc3Cc3ccc(-c4ccc(C)cc4F)cc3)cc2)c(F)c1. The topological polar surface area (TPSA) is 27.7 Å². The number of alkyl halides is 6. The molecule has 0 atom stereocenters. The van der Waals surface area contributed by atoms with E-state index >= 15 is 0 Å². The van der Waals surface area contributed by atoms with Crippen LogP contribution in [0.15, 0.2) is 121 Å². The van der Waals surface area contributed by atoms with Gasteiger partial charge in [-0.05, 0) is 106 Å². The van der Waals surface area contributed by atoms with Gasteiger partial charge in [0, 0.05) is 24.0 Å². The van der Waals surface area contributed by atoms with Crippen LogP contribution in [-0.4, -0.2) is 25.6 Å². The van der Waals surface area contributed by atoms with Gasteiger partial charge in [-0.2, -0.15) is 26.3 Å². The monoisotopic (exact) mass is 790 g/mol. The van der Waals surface area contributed by atoms with Gasteiger partial charge in [-0.25, -0.2) is 8.78 Å². The van der Waals surface area contributed by atoms with E-state index in [1.807, 2.05) is 36.4 Å². The van der Waals surface area contributed by atoms with Gasteiger partial charge in [0.05, 0.1) is 13.2 Å². The summed E-state index contributed by atoms with van der Waals surface area (Å²) in [5.74, 6) is 0.0659. The van der Waals surface area contributed by atoms with Crippen LogP contribution >= 0.6 is 0 Å². The van der Waals surface area contributed by atoms with Gasteiger partial charge in [-0.15, -0.1) is 0 Å². The van der Waals surface area contributed by atoms with Gasteiger partial charge in [0.1, 0.15) is 36.3 Å². The maximum absolute atomic E-state index is 14.7. The molecule has 0 bridgehead atoms. The normalized spacial score (nSPS) is 11.9. The van der Waals surface area contributed by atoms with Crippen molar-refractivity contribution in [2.45, 2.75) is 52.3 Å². The van der Waals surface area contributed by atoms with E-state index in [2.05, 4.69) is 0 Å². The third kappa shape index (κ3) is 11.8. The average Bonchev–Trinajstić information content (AvgIpc) is 3.13. The number of aryl methyl sites for hydroxylation is 2. The van der Waals surface area contributed by atoms with Crippen LogP contribution in [0.2, 0.25) is 0 Å². The van der Waals surface area contributed by atoms with Crippen molar-refractivity contribution in [1.82, 2.24) is 0 Å². The number of hydrogen-bond acceptors (Lipinski definition) is 3. The van der Waals surface area contributed by atoms with Crippen molar-refractivity contribution >= 4 is 0 Å². The fourth-order valence-corrected chi connectivity index (χ4v) is 6.36. The highest BCUT2D eigenvalue weighted by molar-refractivity contribution is 5.66. The van der Waals surface area contributed by atoms with Crippen LogP contribution in [0, 0.1) is 25.5 Å². The Balaban J connectivity index is 1.30. The predicted octanol–water partition coefficient (Wildman–Crippen LogP) is 13.0. The van der Waals surface area contributed by atoms with Gasteiger partial charge in [0.2, 0.25) is 0 Å². The van der Waals surface area contributed by atoms with E-state index in [0.717, 1.165) is 22.3 Å². The van der Waals surface area contributed by atoms with Crippen LogP contribution in [-0.2, 0) is 35.5 Å². The lowest BCUT2D eigenvalue weighted by Gasteiger charge is -2.18. The summed E-state index contributed by atoms with van der Waals surface area (Å²) in [5.41, 5.74) is 7.61. The van der Waals surface area contributed by atoms with Crippen molar-refractivity contribution in [3.05, 3.63) is 177 Å². The number of benzene rings is 6. The van der Waals surface area contributed by atoms with Crippen LogP contribution in [0.5, 0.6) is 11.5 Å². The van der Waals surface area contributed by atoms with Gasteiger partial charge in [-0.1, -0.05) is 84.9 Å². The second-order valence-corrected chi connectivity index (χ2v) is 13.9. The molecular weight excluding hydrogens is 752 g/mol. The predicted molar refractivity (Wildman–Crippen MR) is 203 cm³/mol. The van der Waals surface area contributed by atoms with Crippen LogP contribution in [0.1, 0.15) is 44.5 Å². The molecule has 0 aliphatic carbocycles. The minimum absolute atomic E-state index is 0.287. The standard InChI is InChI=1S/C46H38F8O3/c1-29-3-15-39(41(47)19-29)35-11-5-31(6-12-35)21-37-23-33(25-55-27-45(49,50)51)9-17-43(37)57-44-18-10-34(26-56-28-46(52,53)54)24-38(44)22-32-7-13-36(14-8-32)40-16-4-30(2)20-42(40)48/h3-20,23-24H,21-22,25-28H2,1-2H3. The van der Waals surface area contributed by atoms with E-state index in [1.165, 1.54) is 12.1 Å². The lowest BCUT2D eigenvalue weighted by Crippen LogP contribution is -2.16. The van der Waals surface area contributed by atoms with E-state index in [4.69, 9.17) is 14.2 Å². The van der Waals surface area contributed by atoms with Gasteiger partial charge in [-0.3, -0.25) is 0 Å². The van der Waals surface area contributed by atoms with Crippen molar-refractivity contribution in [2.24, 2.45) is 0 Å². The molecule has 0 N–H and O–H groups in total. The summed E-state index contributed by atoms with van der Waals surface area (Å²) in [7, 11) is 0. The van der Waals surface area contributed by atoms with E-state index in [0.29, 0.717) is 56.0 Å². The highest BCUT2D eigenvalue weighted by Gasteiger charge is 2.28. The molecule has 0 spiro atoms. The molecule has 0 aromatic heterocycles. The fourth-order valence-electron chi connectivity index (χ4n) is 6.36. The molecule has 0 radical (unpaired) electrons. The Morgan fingerprint density at radius 1 is 0.439 bits per heavy atom. The largest absolute Gasteiger partial charge is 0.457 e. The number of hydrogen-bond donors (Lipinski definition) is 0. The minimum atomic E-state index is -4.50. The summed E-state index contributed by atoms with van der Waals surface area (Å²) in [5, 5.41) is 0. The molecule has 0 fully saturated rings. The molecular formula is C46H38F8O3.